The molecule has 2 aromatic heterocycles. The molecule has 0 spiro atoms. The molecule has 0 aliphatic heterocycles. The Balaban J connectivity index is 2.04. The van der Waals surface area contributed by atoms with Gasteiger partial charge in [0.05, 0.1) is 8.67 Å². The largest absolute Gasteiger partial charge is 0.313 e. The monoisotopic (exact) mass is 305 g/mol. The lowest BCUT2D eigenvalue weighted by atomic mass is 10.1. The molecule has 0 saturated heterocycles. The van der Waals surface area contributed by atoms with Crippen LogP contribution in [0.2, 0.25) is 8.67 Å². The third-order valence-corrected chi connectivity index (χ3v) is 5.12. The van der Waals surface area contributed by atoms with Crippen molar-refractivity contribution in [3.63, 3.8) is 0 Å². The first-order valence-electron chi connectivity index (χ1n) is 5.35. The summed E-state index contributed by atoms with van der Waals surface area (Å²) in [6, 6.07) is 6.49. The molecule has 2 heterocycles. The van der Waals surface area contributed by atoms with Crippen molar-refractivity contribution in [3.8, 4) is 0 Å². The molecule has 2 aromatic rings. The highest BCUT2D eigenvalue weighted by Crippen LogP contribution is 2.36. The minimum atomic E-state index is 0.272. The minimum Gasteiger partial charge on any atom is -0.313 e. The number of aryl methyl sites for hydroxylation is 1. The highest BCUT2D eigenvalue weighted by atomic mass is 35.5. The van der Waals surface area contributed by atoms with E-state index in [1.807, 2.05) is 13.1 Å². The molecular weight excluding hydrogens is 293 g/mol. The van der Waals surface area contributed by atoms with E-state index in [0.717, 1.165) is 27.1 Å². The summed E-state index contributed by atoms with van der Waals surface area (Å²) in [4.78, 5) is 1.41. The number of halogens is 2. The SMILES string of the molecule is CNC(CCc1cccs1)c1cc(Cl)sc1Cl. The van der Waals surface area contributed by atoms with E-state index in [0.29, 0.717) is 0 Å². The van der Waals surface area contributed by atoms with Crippen molar-refractivity contribution in [1.82, 2.24) is 5.32 Å². The van der Waals surface area contributed by atoms with Gasteiger partial charge in [-0.2, -0.15) is 0 Å². The van der Waals surface area contributed by atoms with Crippen molar-refractivity contribution in [2.24, 2.45) is 0 Å². The van der Waals surface area contributed by atoms with E-state index in [-0.39, 0.29) is 6.04 Å². The molecule has 0 aromatic carbocycles. The molecule has 0 amide bonds. The summed E-state index contributed by atoms with van der Waals surface area (Å²) in [5.74, 6) is 0. The number of rotatable bonds is 5. The first-order chi connectivity index (χ1) is 8.20. The Labute approximate surface area is 119 Å². The summed E-state index contributed by atoms with van der Waals surface area (Å²) in [7, 11) is 1.96. The molecule has 5 heteroatoms. The Morgan fingerprint density at radius 3 is 2.76 bits per heavy atom. The third-order valence-electron chi connectivity index (χ3n) is 2.67. The average Bonchev–Trinajstić information content (AvgIpc) is 2.90. The predicted molar refractivity (Wildman–Crippen MR) is 78.8 cm³/mol. The maximum absolute atomic E-state index is 6.18. The van der Waals surface area contributed by atoms with Crippen LogP contribution in [-0.2, 0) is 6.42 Å². The molecule has 0 bridgehead atoms. The van der Waals surface area contributed by atoms with Gasteiger partial charge in [-0.05, 0) is 37.4 Å². The van der Waals surface area contributed by atoms with Gasteiger partial charge in [-0.15, -0.1) is 22.7 Å². The van der Waals surface area contributed by atoms with E-state index in [9.17, 15) is 0 Å². The molecule has 0 fully saturated rings. The van der Waals surface area contributed by atoms with Gasteiger partial charge >= 0.3 is 0 Å². The van der Waals surface area contributed by atoms with E-state index in [1.165, 1.54) is 16.2 Å². The van der Waals surface area contributed by atoms with Crippen molar-refractivity contribution in [2.75, 3.05) is 7.05 Å². The van der Waals surface area contributed by atoms with Crippen molar-refractivity contribution >= 4 is 45.9 Å². The van der Waals surface area contributed by atoms with Crippen LogP contribution < -0.4 is 5.32 Å². The Hall–Kier alpha value is -0.0600. The van der Waals surface area contributed by atoms with Crippen LogP contribution in [0.3, 0.4) is 0 Å². The molecule has 1 N–H and O–H groups in total. The smallest absolute Gasteiger partial charge is 0.0991 e. The molecule has 0 radical (unpaired) electrons. The van der Waals surface area contributed by atoms with Gasteiger partial charge in [0.1, 0.15) is 0 Å². The summed E-state index contributed by atoms with van der Waals surface area (Å²) in [6.45, 7) is 0. The fraction of sp³-hybridized carbons (Fsp3) is 0.333. The number of hydrogen-bond acceptors (Lipinski definition) is 3. The summed E-state index contributed by atoms with van der Waals surface area (Å²) < 4.78 is 1.54. The first-order valence-corrected chi connectivity index (χ1v) is 7.80. The van der Waals surface area contributed by atoms with Crippen LogP contribution >= 0.6 is 45.9 Å². The van der Waals surface area contributed by atoms with Crippen molar-refractivity contribution in [1.29, 1.82) is 0 Å². The summed E-state index contributed by atoms with van der Waals surface area (Å²) in [5.41, 5.74) is 1.11. The summed E-state index contributed by atoms with van der Waals surface area (Å²) in [6.07, 6.45) is 2.09. The Kier molecular flexibility index (Phi) is 4.88. The van der Waals surface area contributed by atoms with Gasteiger partial charge in [0.15, 0.2) is 0 Å². The highest BCUT2D eigenvalue weighted by molar-refractivity contribution is 7.20. The number of nitrogens with one attached hydrogen (secondary N) is 1. The topological polar surface area (TPSA) is 12.0 Å². The van der Waals surface area contributed by atoms with E-state index >= 15 is 0 Å². The molecule has 92 valence electrons. The maximum Gasteiger partial charge on any atom is 0.0991 e. The second kappa shape index (κ2) is 6.21. The maximum atomic E-state index is 6.18. The fourth-order valence-corrected chi connectivity index (χ4v) is 4.09. The van der Waals surface area contributed by atoms with Crippen LogP contribution in [0.1, 0.15) is 22.9 Å². The second-order valence-electron chi connectivity index (χ2n) is 3.74. The Bertz CT molecular complexity index is 465. The van der Waals surface area contributed by atoms with Crippen molar-refractivity contribution < 1.29 is 0 Å². The molecule has 0 aliphatic carbocycles. The summed E-state index contributed by atoms with van der Waals surface area (Å²) >= 11 is 15.4. The molecule has 0 saturated carbocycles. The van der Waals surface area contributed by atoms with Gasteiger partial charge in [0.2, 0.25) is 0 Å². The molecule has 17 heavy (non-hydrogen) atoms. The Morgan fingerprint density at radius 1 is 1.41 bits per heavy atom. The van der Waals surface area contributed by atoms with E-state index in [2.05, 4.69) is 22.8 Å². The molecular formula is C12H13Cl2NS2. The standard InChI is InChI=1S/C12H13Cl2NS2/c1-15-10(5-4-8-3-2-6-16-8)9-7-11(13)17-12(9)14/h2-3,6-7,10,15H,4-5H2,1H3. The number of hydrogen-bond donors (Lipinski definition) is 1. The Morgan fingerprint density at radius 2 is 2.24 bits per heavy atom. The lowest BCUT2D eigenvalue weighted by Crippen LogP contribution is -2.16. The van der Waals surface area contributed by atoms with Gasteiger partial charge in [0.25, 0.3) is 0 Å². The average molecular weight is 306 g/mol. The number of thiophene rings is 2. The van der Waals surface area contributed by atoms with E-state index in [1.54, 1.807) is 11.3 Å². The van der Waals surface area contributed by atoms with Gasteiger partial charge in [-0.1, -0.05) is 29.3 Å². The van der Waals surface area contributed by atoms with Crippen molar-refractivity contribution in [2.45, 2.75) is 18.9 Å². The molecule has 2 rings (SSSR count). The van der Waals surface area contributed by atoms with Crippen LogP contribution in [-0.4, -0.2) is 7.05 Å². The van der Waals surface area contributed by atoms with Gasteiger partial charge in [0, 0.05) is 16.5 Å². The zero-order valence-corrected chi connectivity index (χ0v) is 12.5. The van der Waals surface area contributed by atoms with Crippen LogP contribution in [0.25, 0.3) is 0 Å². The van der Waals surface area contributed by atoms with Crippen LogP contribution in [0.15, 0.2) is 23.6 Å². The quantitative estimate of drug-likeness (QED) is 0.819. The zero-order valence-electron chi connectivity index (χ0n) is 9.37. The van der Waals surface area contributed by atoms with Crippen LogP contribution in [0.4, 0.5) is 0 Å². The predicted octanol–water partition coefficient (Wildman–Crippen LogP) is 5.01. The highest BCUT2D eigenvalue weighted by Gasteiger charge is 2.16. The first kappa shape index (κ1) is 13.4. The molecule has 1 unspecified atom stereocenters. The lowest BCUT2D eigenvalue weighted by molar-refractivity contribution is 0.553. The molecule has 0 aliphatic rings. The summed E-state index contributed by atoms with van der Waals surface area (Å²) in [5, 5.41) is 5.41. The van der Waals surface area contributed by atoms with Crippen LogP contribution in [0, 0.1) is 0 Å². The normalized spacial score (nSPS) is 12.9. The van der Waals surface area contributed by atoms with Gasteiger partial charge < -0.3 is 5.32 Å². The second-order valence-corrected chi connectivity index (χ2v) is 7.06. The molecule has 1 atom stereocenters. The lowest BCUT2D eigenvalue weighted by Gasteiger charge is -2.14. The fourth-order valence-electron chi connectivity index (χ4n) is 1.79. The third kappa shape index (κ3) is 3.46. The van der Waals surface area contributed by atoms with E-state index < -0.39 is 0 Å². The van der Waals surface area contributed by atoms with Crippen molar-refractivity contribution in [3.05, 3.63) is 42.7 Å². The minimum absolute atomic E-state index is 0.272. The molecule has 1 nitrogen and oxygen atoms in total. The van der Waals surface area contributed by atoms with E-state index in [4.69, 9.17) is 23.2 Å². The van der Waals surface area contributed by atoms with Gasteiger partial charge in [-0.25, -0.2) is 0 Å². The van der Waals surface area contributed by atoms with Gasteiger partial charge in [-0.3, -0.25) is 0 Å². The van der Waals surface area contributed by atoms with Crippen LogP contribution in [0.5, 0.6) is 0 Å². The zero-order chi connectivity index (χ0) is 12.3.